The van der Waals surface area contributed by atoms with E-state index in [9.17, 15) is 4.39 Å². The highest BCUT2D eigenvalue weighted by Gasteiger charge is 2.41. The molecule has 2 aliphatic rings. The van der Waals surface area contributed by atoms with Crippen molar-refractivity contribution in [2.75, 3.05) is 6.54 Å². The number of hydrogen-bond donors (Lipinski definition) is 1. The molecule has 2 nitrogen and oxygen atoms in total. The lowest BCUT2D eigenvalue weighted by atomic mass is 10.0. The van der Waals surface area contributed by atoms with Gasteiger partial charge in [-0.25, -0.2) is 4.39 Å². The molecular weight excluding hydrogens is 239 g/mol. The smallest absolute Gasteiger partial charge is 0.125 e. The Morgan fingerprint density at radius 2 is 2.00 bits per heavy atom. The molecular formula is C13H16ClFN2. The average molecular weight is 255 g/mol. The van der Waals surface area contributed by atoms with E-state index in [1.54, 1.807) is 6.07 Å². The molecule has 0 bridgehead atoms. The zero-order valence-corrected chi connectivity index (χ0v) is 10.3. The summed E-state index contributed by atoms with van der Waals surface area (Å²) in [6, 6.07) is 5.62. The Morgan fingerprint density at radius 1 is 1.24 bits per heavy atom. The van der Waals surface area contributed by atoms with Crippen molar-refractivity contribution in [3.63, 3.8) is 0 Å². The predicted octanol–water partition coefficient (Wildman–Crippen LogP) is 2.72. The second kappa shape index (κ2) is 4.23. The van der Waals surface area contributed by atoms with Crippen molar-refractivity contribution >= 4 is 11.6 Å². The van der Waals surface area contributed by atoms with Gasteiger partial charge in [0.05, 0.1) is 6.04 Å². The van der Waals surface area contributed by atoms with Gasteiger partial charge in [0.1, 0.15) is 5.82 Å². The second-order valence-electron chi connectivity index (χ2n) is 5.07. The van der Waals surface area contributed by atoms with Crippen LogP contribution in [0.1, 0.15) is 30.9 Å². The summed E-state index contributed by atoms with van der Waals surface area (Å²) in [5, 5.41) is 0.454. The lowest BCUT2D eigenvalue weighted by molar-refractivity contribution is 0.237. The maximum absolute atomic E-state index is 13.4. The van der Waals surface area contributed by atoms with Crippen LogP contribution in [0.15, 0.2) is 18.2 Å². The highest BCUT2D eigenvalue weighted by atomic mass is 35.5. The number of nitrogens with two attached hydrogens (primary N) is 1. The molecule has 2 fully saturated rings. The number of likely N-dealkylation sites (tertiary alicyclic amines) is 1. The van der Waals surface area contributed by atoms with E-state index in [-0.39, 0.29) is 17.9 Å². The third kappa shape index (κ3) is 2.19. The molecule has 2 atom stereocenters. The van der Waals surface area contributed by atoms with Crippen LogP contribution in [-0.2, 0) is 0 Å². The van der Waals surface area contributed by atoms with E-state index in [4.69, 9.17) is 17.3 Å². The molecule has 1 saturated heterocycles. The first-order chi connectivity index (χ1) is 8.15. The van der Waals surface area contributed by atoms with Gasteiger partial charge >= 0.3 is 0 Å². The highest BCUT2D eigenvalue weighted by molar-refractivity contribution is 6.30. The lowest BCUT2D eigenvalue weighted by Crippen LogP contribution is -2.33. The van der Waals surface area contributed by atoms with Crippen LogP contribution in [0.25, 0.3) is 0 Å². The van der Waals surface area contributed by atoms with Crippen molar-refractivity contribution in [2.24, 2.45) is 5.73 Å². The number of halogens is 2. The predicted molar refractivity (Wildman–Crippen MR) is 66.5 cm³/mol. The fourth-order valence-corrected chi connectivity index (χ4v) is 3.07. The highest BCUT2D eigenvalue weighted by Crippen LogP contribution is 2.40. The molecule has 2 N–H and O–H groups in total. The van der Waals surface area contributed by atoms with E-state index >= 15 is 0 Å². The Hall–Kier alpha value is -0.640. The third-order valence-electron chi connectivity index (χ3n) is 3.73. The average Bonchev–Trinajstić information content (AvgIpc) is 3.01. The number of hydrogen-bond acceptors (Lipinski definition) is 2. The van der Waals surface area contributed by atoms with Crippen LogP contribution in [-0.4, -0.2) is 23.5 Å². The van der Waals surface area contributed by atoms with Gasteiger partial charge in [-0.1, -0.05) is 11.6 Å². The van der Waals surface area contributed by atoms with Crippen LogP contribution >= 0.6 is 11.6 Å². The molecule has 0 spiro atoms. The standard InChI is InChI=1S/C13H16ClFN2/c14-9-5-8(6-10(15)7-9)13-12(16)3-4-17(13)11-1-2-11/h5-7,11-13H,1-4,16H2. The van der Waals surface area contributed by atoms with Crippen LogP contribution in [0.2, 0.25) is 5.02 Å². The van der Waals surface area contributed by atoms with Gasteiger partial charge in [0.2, 0.25) is 0 Å². The van der Waals surface area contributed by atoms with E-state index in [2.05, 4.69) is 4.90 Å². The number of benzene rings is 1. The molecule has 0 radical (unpaired) electrons. The van der Waals surface area contributed by atoms with E-state index in [0.29, 0.717) is 11.1 Å². The summed E-state index contributed by atoms with van der Waals surface area (Å²) in [4.78, 5) is 2.41. The first-order valence-corrected chi connectivity index (χ1v) is 6.50. The second-order valence-corrected chi connectivity index (χ2v) is 5.51. The van der Waals surface area contributed by atoms with Crippen molar-refractivity contribution in [1.29, 1.82) is 0 Å². The molecule has 1 saturated carbocycles. The van der Waals surface area contributed by atoms with Crippen LogP contribution < -0.4 is 5.73 Å². The number of rotatable bonds is 2. The molecule has 2 unspecified atom stereocenters. The van der Waals surface area contributed by atoms with Crippen molar-refractivity contribution in [1.82, 2.24) is 4.90 Å². The molecule has 4 heteroatoms. The quantitative estimate of drug-likeness (QED) is 0.879. The SMILES string of the molecule is NC1CCN(C2CC2)C1c1cc(F)cc(Cl)c1. The van der Waals surface area contributed by atoms with E-state index in [1.165, 1.54) is 18.9 Å². The largest absolute Gasteiger partial charge is 0.326 e. The van der Waals surface area contributed by atoms with Crippen molar-refractivity contribution < 1.29 is 4.39 Å². The summed E-state index contributed by atoms with van der Waals surface area (Å²) in [5.74, 6) is -0.276. The van der Waals surface area contributed by atoms with Crippen molar-refractivity contribution in [3.05, 3.63) is 34.6 Å². The van der Waals surface area contributed by atoms with Gasteiger partial charge in [-0.3, -0.25) is 4.90 Å². The normalized spacial score (nSPS) is 29.8. The van der Waals surface area contributed by atoms with Crippen molar-refractivity contribution in [3.8, 4) is 0 Å². The third-order valence-corrected chi connectivity index (χ3v) is 3.94. The monoisotopic (exact) mass is 254 g/mol. The summed E-state index contributed by atoms with van der Waals surface area (Å²) < 4.78 is 13.4. The lowest BCUT2D eigenvalue weighted by Gasteiger charge is -2.27. The van der Waals surface area contributed by atoms with Gasteiger partial charge in [0.25, 0.3) is 0 Å². The molecule has 17 heavy (non-hydrogen) atoms. The van der Waals surface area contributed by atoms with Crippen LogP contribution in [0.5, 0.6) is 0 Å². The van der Waals surface area contributed by atoms with Gasteiger partial charge in [-0.15, -0.1) is 0 Å². The minimum Gasteiger partial charge on any atom is -0.326 e. The van der Waals surface area contributed by atoms with Crippen LogP contribution in [0.4, 0.5) is 4.39 Å². The van der Waals surface area contributed by atoms with Gasteiger partial charge in [-0.05, 0) is 43.0 Å². The first-order valence-electron chi connectivity index (χ1n) is 6.12. The summed E-state index contributed by atoms with van der Waals surface area (Å²) in [7, 11) is 0. The Bertz CT molecular complexity index is 413. The molecule has 0 amide bonds. The molecule has 0 aromatic heterocycles. The fraction of sp³-hybridized carbons (Fsp3) is 0.538. The summed E-state index contributed by atoms with van der Waals surface area (Å²) >= 11 is 5.92. The fourth-order valence-electron chi connectivity index (χ4n) is 2.84. The molecule has 1 aromatic rings. The molecule has 3 rings (SSSR count). The van der Waals surface area contributed by atoms with Gasteiger partial charge < -0.3 is 5.73 Å². The minimum atomic E-state index is -0.276. The molecule has 1 aliphatic carbocycles. The first kappa shape index (κ1) is 11.5. The Kier molecular flexibility index (Phi) is 2.85. The zero-order valence-electron chi connectivity index (χ0n) is 9.57. The maximum atomic E-state index is 13.4. The molecule has 1 heterocycles. The Morgan fingerprint density at radius 3 is 2.65 bits per heavy atom. The Balaban J connectivity index is 1.94. The van der Waals surface area contributed by atoms with Crippen molar-refractivity contribution in [2.45, 2.75) is 37.4 Å². The van der Waals surface area contributed by atoms with Crippen LogP contribution in [0, 0.1) is 5.82 Å². The number of nitrogens with zero attached hydrogens (tertiary/aromatic N) is 1. The topological polar surface area (TPSA) is 29.3 Å². The maximum Gasteiger partial charge on any atom is 0.125 e. The van der Waals surface area contributed by atoms with E-state index in [0.717, 1.165) is 18.5 Å². The Labute approximate surface area is 106 Å². The van der Waals surface area contributed by atoms with E-state index < -0.39 is 0 Å². The van der Waals surface area contributed by atoms with Gasteiger partial charge in [-0.2, -0.15) is 0 Å². The molecule has 1 aliphatic heterocycles. The van der Waals surface area contributed by atoms with Gasteiger partial charge in [0, 0.05) is 23.7 Å². The summed E-state index contributed by atoms with van der Waals surface area (Å²) in [5.41, 5.74) is 7.08. The van der Waals surface area contributed by atoms with Gasteiger partial charge in [0.15, 0.2) is 0 Å². The summed E-state index contributed by atoms with van der Waals surface area (Å²) in [6.07, 6.45) is 3.47. The zero-order chi connectivity index (χ0) is 12.0. The molecule has 92 valence electrons. The summed E-state index contributed by atoms with van der Waals surface area (Å²) in [6.45, 7) is 1.02. The molecule has 1 aromatic carbocycles. The minimum absolute atomic E-state index is 0.0912. The van der Waals surface area contributed by atoms with Crippen LogP contribution in [0.3, 0.4) is 0 Å². The van der Waals surface area contributed by atoms with E-state index in [1.807, 2.05) is 6.07 Å².